The second-order valence-corrected chi connectivity index (χ2v) is 7.59. The predicted octanol–water partition coefficient (Wildman–Crippen LogP) is 4.73. The van der Waals surface area contributed by atoms with Gasteiger partial charge in [0.2, 0.25) is 5.91 Å². The fourth-order valence-corrected chi connectivity index (χ4v) is 4.01. The summed E-state index contributed by atoms with van der Waals surface area (Å²) >= 11 is 0. The van der Waals surface area contributed by atoms with E-state index in [4.69, 9.17) is 9.72 Å². The Balaban J connectivity index is 1.48. The van der Waals surface area contributed by atoms with Crippen molar-refractivity contribution in [2.75, 3.05) is 13.7 Å². The smallest absolute Gasteiger partial charge is 0.227 e. The van der Waals surface area contributed by atoms with E-state index < -0.39 is 0 Å². The number of halogens is 1. The molecule has 0 bridgehead atoms. The van der Waals surface area contributed by atoms with Crippen LogP contribution in [0.25, 0.3) is 0 Å². The van der Waals surface area contributed by atoms with Crippen molar-refractivity contribution in [3.63, 3.8) is 0 Å². The summed E-state index contributed by atoms with van der Waals surface area (Å²) in [6, 6.07) is 20.2. The largest absolute Gasteiger partial charge is 0.497 e. The zero-order valence-electron chi connectivity index (χ0n) is 17.1. The van der Waals surface area contributed by atoms with Crippen LogP contribution in [0.5, 0.6) is 5.75 Å². The van der Waals surface area contributed by atoms with Gasteiger partial charge in [0, 0.05) is 18.7 Å². The lowest BCUT2D eigenvalue weighted by Gasteiger charge is -2.25. The van der Waals surface area contributed by atoms with Crippen molar-refractivity contribution in [1.29, 1.82) is 0 Å². The molecule has 0 aliphatic carbocycles. The second-order valence-electron chi connectivity index (χ2n) is 7.59. The summed E-state index contributed by atoms with van der Waals surface area (Å²) in [5.74, 6) is 0.659. The van der Waals surface area contributed by atoms with Gasteiger partial charge in [-0.25, -0.2) is 4.39 Å². The summed E-state index contributed by atoms with van der Waals surface area (Å²) in [7, 11) is 1.63. The first-order valence-electron chi connectivity index (χ1n) is 10.3. The zero-order chi connectivity index (χ0) is 20.9. The molecule has 1 atom stereocenters. The van der Waals surface area contributed by atoms with Gasteiger partial charge in [0.15, 0.2) is 0 Å². The van der Waals surface area contributed by atoms with Gasteiger partial charge in [0.1, 0.15) is 11.6 Å². The number of methoxy groups -OCH3 is 1. The Bertz CT molecular complexity index is 1020. The van der Waals surface area contributed by atoms with Crippen molar-refractivity contribution in [2.24, 2.45) is 0 Å². The second kappa shape index (κ2) is 9.08. The van der Waals surface area contributed by atoms with Crippen molar-refractivity contribution in [3.05, 3.63) is 95.1 Å². The van der Waals surface area contributed by atoms with Crippen molar-refractivity contribution < 1.29 is 13.9 Å². The van der Waals surface area contributed by atoms with Crippen molar-refractivity contribution in [2.45, 2.75) is 31.7 Å². The van der Waals surface area contributed by atoms with Crippen molar-refractivity contribution >= 4 is 5.91 Å². The van der Waals surface area contributed by atoms with Gasteiger partial charge in [-0.2, -0.15) is 0 Å². The lowest BCUT2D eigenvalue weighted by molar-refractivity contribution is -0.131. The molecule has 1 saturated heterocycles. The van der Waals surface area contributed by atoms with Crippen molar-refractivity contribution in [3.8, 4) is 5.75 Å². The van der Waals surface area contributed by atoms with E-state index in [2.05, 4.69) is 0 Å². The van der Waals surface area contributed by atoms with Gasteiger partial charge in [-0.15, -0.1) is 0 Å². The minimum absolute atomic E-state index is 0.0312. The first-order valence-corrected chi connectivity index (χ1v) is 10.3. The number of hydrogen-bond donors (Lipinski definition) is 0. The minimum atomic E-state index is -0.220. The fraction of sp³-hybridized carbons (Fsp3) is 0.280. The molecule has 2 heterocycles. The molecule has 1 amide bonds. The van der Waals surface area contributed by atoms with Crippen LogP contribution in [-0.4, -0.2) is 29.4 Å². The lowest BCUT2D eigenvalue weighted by Crippen LogP contribution is -2.32. The summed E-state index contributed by atoms with van der Waals surface area (Å²) in [5, 5.41) is 0. The summed E-state index contributed by atoms with van der Waals surface area (Å²) in [4.78, 5) is 19.7. The number of hydrogen-bond acceptors (Lipinski definition) is 3. The molecule has 0 radical (unpaired) electrons. The topological polar surface area (TPSA) is 42.4 Å². The summed E-state index contributed by atoms with van der Waals surface area (Å²) < 4.78 is 19.2. The van der Waals surface area contributed by atoms with Gasteiger partial charge in [0.25, 0.3) is 0 Å². The fourth-order valence-electron chi connectivity index (χ4n) is 4.01. The van der Waals surface area contributed by atoms with Gasteiger partial charge >= 0.3 is 0 Å². The lowest BCUT2D eigenvalue weighted by atomic mass is 10.1. The van der Waals surface area contributed by atoms with E-state index in [9.17, 15) is 9.18 Å². The number of rotatable bonds is 6. The molecular weight excluding hydrogens is 379 g/mol. The summed E-state index contributed by atoms with van der Waals surface area (Å²) in [5.41, 5.74) is 3.28. The molecule has 4 rings (SSSR count). The first kappa shape index (κ1) is 20.1. The Kier molecular flexibility index (Phi) is 6.07. The number of carbonyl (C=O) groups excluding carboxylic acids is 1. The molecule has 1 aliphatic rings. The number of amides is 1. The average molecular weight is 404 g/mol. The third kappa shape index (κ3) is 4.51. The maximum Gasteiger partial charge on any atom is 0.227 e. The number of ether oxygens (including phenoxy) is 1. The number of nitrogens with zero attached hydrogens (tertiary/aromatic N) is 2. The molecule has 154 valence electrons. The highest BCUT2D eigenvalue weighted by atomic mass is 19.1. The van der Waals surface area contributed by atoms with Gasteiger partial charge < -0.3 is 9.64 Å². The molecule has 0 N–H and O–H groups in total. The molecule has 1 fully saturated rings. The van der Waals surface area contributed by atoms with E-state index >= 15 is 0 Å². The van der Waals surface area contributed by atoms with Crippen LogP contribution in [-0.2, 0) is 17.6 Å². The van der Waals surface area contributed by atoms with Crippen LogP contribution in [0.3, 0.4) is 0 Å². The minimum Gasteiger partial charge on any atom is -0.497 e. The van der Waals surface area contributed by atoms with E-state index in [1.54, 1.807) is 19.2 Å². The number of benzene rings is 2. The standard InChI is InChI=1S/C25H25FN2O2/c1-30-21-13-11-18(12-14-21)16-25(29)28-15-5-10-24(28)23-9-4-7-20(27-23)17-19-6-2-3-8-22(19)26/h2-4,6-9,11-14,24H,5,10,15-17H2,1H3/t24-/m0/s1. The molecule has 2 aromatic carbocycles. The van der Waals surface area contributed by atoms with Crippen LogP contribution < -0.4 is 4.74 Å². The third-order valence-electron chi connectivity index (χ3n) is 5.59. The molecule has 3 aromatic rings. The van der Waals surface area contributed by atoms with Crippen LogP contribution >= 0.6 is 0 Å². The van der Waals surface area contributed by atoms with Crippen LogP contribution in [0.15, 0.2) is 66.7 Å². The Labute approximate surface area is 176 Å². The molecule has 30 heavy (non-hydrogen) atoms. The van der Waals surface area contributed by atoms with E-state index in [0.717, 1.165) is 42.1 Å². The Morgan fingerprint density at radius 1 is 1.10 bits per heavy atom. The van der Waals surface area contributed by atoms with E-state index in [-0.39, 0.29) is 17.8 Å². The number of pyridine rings is 1. The Morgan fingerprint density at radius 2 is 1.90 bits per heavy atom. The molecule has 1 aromatic heterocycles. The Hall–Kier alpha value is -3.21. The van der Waals surface area contributed by atoms with Gasteiger partial charge in [-0.1, -0.05) is 36.4 Å². The number of likely N-dealkylation sites (tertiary alicyclic amines) is 1. The maximum atomic E-state index is 14.0. The van der Waals surface area contributed by atoms with Crippen LogP contribution in [0.1, 0.15) is 41.4 Å². The highest BCUT2D eigenvalue weighted by molar-refractivity contribution is 5.79. The Morgan fingerprint density at radius 3 is 2.67 bits per heavy atom. The molecular formula is C25H25FN2O2. The maximum absolute atomic E-state index is 14.0. The van der Waals surface area contributed by atoms with Gasteiger partial charge in [-0.3, -0.25) is 9.78 Å². The van der Waals surface area contributed by atoms with Crippen LogP contribution in [0.2, 0.25) is 0 Å². The zero-order valence-corrected chi connectivity index (χ0v) is 17.1. The average Bonchev–Trinajstić information content (AvgIpc) is 3.26. The molecule has 5 heteroatoms. The van der Waals surface area contributed by atoms with E-state index in [1.165, 1.54) is 6.07 Å². The monoisotopic (exact) mass is 404 g/mol. The number of carbonyl (C=O) groups is 1. The van der Waals surface area contributed by atoms with E-state index in [1.807, 2.05) is 53.4 Å². The number of aromatic nitrogens is 1. The quantitative estimate of drug-likeness (QED) is 0.597. The summed E-state index contributed by atoms with van der Waals surface area (Å²) in [6.07, 6.45) is 2.64. The summed E-state index contributed by atoms with van der Waals surface area (Å²) in [6.45, 7) is 0.735. The highest BCUT2D eigenvalue weighted by Crippen LogP contribution is 2.32. The van der Waals surface area contributed by atoms with E-state index in [0.29, 0.717) is 18.4 Å². The predicted molar refractivity (Wildman–Crippen MR) is 114 cm³/mol. The highest BCUT2D eigenvalue weighted by Gasteiger charge is 2.30. The molecule has 1 aliphatic heterocycles. The molecule has 0 unspecified atom stereocenters. The first-order chi connectivity index (χ1) is 14.6. The SMILES string of the molecule is COc1ccc(CC(=O)N2CCC[C@H]2c2cccc(Cc3ccccc3F)n2)cc1. The molecule has 0 saturated carbocycles. The molecule has 4 nitrogen and oxygen atoms in total. The van der Waals surface area contributed by atoms with Gasteiger partial charge in [0.05, 0.1) is 25.3 Å². The molecule has 0 spiro atoms. The normalized spacial score (nSPS) is 15.9. The van der Waals surface area contributed by atoms with Crippen molar-refractivity contribution in [1.82, 2.24) is 9.88 Å². The van der Waals surface area contributed by atoms with Crippen LogP contribution in [0, 0.1) is 5.82 Å². The van der Waals surface area contributed by atoms with Gasteiger partial charge in [-0.05, 0) is 54.3 Å². The van der Waals surface area contributed by atoms with Crippen LogP contribution in [0.4, 0.5) is 4.39 Å². The third-order valence-corrected chi connectivity index (χ3v) is 5.59.